The monoisotopic (exact) mass is 347 g/mol. The molecular formula is C16H17N3O4S. The number of nitrogens with one attached hydrogen (secondary N) is 1. The smallest absolute Gasteiger partial charge is 0.345 e. The van der Waals surface area contributed by atoms with Gasteiger partial charge in [0, 0.05) is 43.8 Å². The van der Waals surface area contributed by atoms with Crippen molar-refractivity contribution in [2.24, 2.45) is 0 Å². The van der Waals surface area contributed by atoms with Crippen LogP contribution in [0.4, 0.5) is 0 Å². The lowest BCUT2D eigenvalue weighted by molar-refractivity contribution is 0.0626. The maximum Gasteiger partial charge on any atom is 0.345 e. The number of carbonyl (C=O) groups is 2. The number of carbonyl (C=O) groups excluding carboxylic acids is 1. The fraction of sp³-hybridized carbons (Fsp3) is 0.312. The Kier molecular flexibility index (Phi) is 4.77. The number of nitrogens with zero attached hydrogens (tertiary/aromatic N) is 2. The van der Waals surface area contributed by atoms with E-state index in [4.69, 9.17) is 5.11 Å². The van der Waals surface area contributed by atoms with Gasteiger partial charge in [-0.05, 0) is 24.3 Å². The zero-order chi connectivity index (χ0) is 17.1. The fourth-order valence-corrected chi connectivity index (χ4v) is 3.56. The summed E-state index contributed by atoms with van der Waals surface area (Å²) in [5.41, 5.74) is -0.208. The zero-order valence-electron chi connectivity index (χ0n) is 12.9. The van der Waals surface area contributed by atoms with Crippen molar-refractivity contribution in [1.82, 2.24) is 14.8 Å². The van der Waals surface area contributed by atoms with Gasteiger partial charge in [-0.3, -0.25) is 14.5 Å². The first-order valence-corrected chi connectivity index (χ1v) is 8.37. The lowest BCUT2D eigenvalue weighted by Gasteiger charge is -2.34. The second-order valence-corrected chi connectivity index (χ2v) is 6.72. The number of H-pyrrole nitrogens is 1. The average Bonchev–Trinajstić information content (AvgIpc) is 3.04. The van der Waals surface area contributed by atoms with Crippen LogP contribution in [-0.2, 0) is 6.54 Å². The van der Waals surface area contributed by atoms with Gasteiger partial charge in [-0.2, -0.15) is 0 Å². The van der Waals surface area contributed by atoms with Crippen LogP contribution >= 0.6 is 11.3 Å². The Morgan fingerprint density at radius 2 is 1.92 bits per heavy atom. The highest BCUT2D eigenvalue weighted by atomic mass is 32.1. The maximum absolute atomic E-state index is 12.4. The van der Waals surface area contributed by atoms with Gasteiger partial charge in [0.05, 0.1) is 0 Å². The Morgan fingerprint density at radius 1 is 1.17 bits per heavy atom. The summed E-state index contributed by atoms with van der Waals surface area (Å²) in [6, 6.07) is 6.62. The summed E-state index contributed by atoms with van der Waals surface area (Å²) < 4.78 is 0. The molecule has 0 unspecified atom stereocenters. The molecule has 1 fully saturated rings. The third-order valence-corrected chi connectivity index (χ3v) is 5.02. The Balaban J connectivity index is 1.57. The Hall–Kier alpha value is -2.45. The zero-order valence-corrected chi connectivity index (χ0v) is 13.7. The van der Waals surface area contributed by atoms with E-state index in [0.717, 1.165) is 4.88 Å². The van der Waals surface area contributed by atoms with Gasteiger partial charge in [-0.25, -0.2) is 4.79 Å². The number of pyridine rings is 1. The summed E-state index contributed by atoms with van der Waals surface area (Å²) in [6.45, 7) is 3.15. The highest BCUT2D eigenvalue weighted by molar-refractivity contribution is 7.13. The minimum Gasteiger partial charge on any atom is -0.477 e. The van der Waals surface area contributed by atoms with Crippen molar-refractivity contribution < 1.29 is 14.7 Å². The first-order valence-electron chi connectivity index (χ1n) is 7.56. The van der Waals surface area contributed by atoms with Crippen LogP contribution in [0.25, 0.3) is 0 Å². The molecule has 0 saturated carbocycles. The largest absolute Gasteiger partial charge is 0.477 e. The predicted molar refractivity (Wildman–Crippen MR) is 89.5 cm³/mol. The molecule has 0 aromatic carbocycles. The van der Waals surface area contributed by atoms with E-state index in [0.29, 0.717) is 37.6 Å². The van der Waals surface area contributed by atoms with Crippen LogP contribution in [-0.4, -0.2) is 57.9 Å². The molecule has 0 aliphatic carbocycles. The van der Waals surface area contributed by atoms with Crippen LogP contribution in [0.15, 0.2) is 35.3 Å². The molecule has 2 N–H and O–H groups in total. The maximum atomic E-state index is 12.4. The van der Waals surface area contributed by atoms with Gasteiger partial charge >= 0.3 is 5.97 Å². The number of hydrogen-bond donors (Lipinski definition) is 2. The predicted octanol–water partition coefficient (Wildman–Crippen LogP) is 1.09. The van der Waals surface area contributed by atoms with Gasteiger partial charge in [0.1, 0.15) is 10.4 Å². The van der Waals surface area contributed by atoms with E-state index in [1.54, 1.807) is 17.0 Å². The molecule has 0 radical (unpaired) electrons. The minimum atomic E-state index is -0.908. The van der Waals surface area contributed by atoms with Crippen molar-refractivity contribution in [2.75, 3.05) is 26.2 Å². The van der Waals surface area contributed by atoms with Crippen molar-refractivity contribution in [3.63, 3.8) is 0 Å². The van der Waals surface area contributed by atoms with E-state index < -0.39 is 5.97 Å². The van der Waals surface area contributed by atoms with Gasteiger partial charge < -0.3 is 15.0 Å². The average molecular weight is 347 g/mol. The van der Waals surface area contributed by atoms with E-state index in [-0.39, 0.29) is 17.0 Å². The number of amides is 1. The summed E-state index contributed by atoms with van der Waals surface area (Å²) in [4.78, 5) is 42.7. The quantitative estimate of drug-likeness (QED) is 0.864. The number of rotatable bonds is 4. The van der Waals surface area contributed by atoms with Crippen molar-refractivity contribution in [2.45, 2.75) is 6.54 Å². The number of aromatic amines is 1. The molecule has 1 saturated heterocycles. The van der Waals surface area contributed by atoms with Gasteiger partial charge in [-0.1, -0.05) is 0 Å². The molecule has 24 heavy (non-hydrogen) atoms. The molecule has 3 heterocycles. The van der Waals surface area contributed by atoms with Crippen LogP contribution in [0.2, 0.25) is 0 Å². The molecule has 1 amide bonds. The van der Waals surface area contributed by atoms with Crippen LogP contribution in [0.1, 0.15) is 24.9 Å². The number of piperazine rings is 1. The van der Waals surface area contributed by atoms with Gasteiger partial charge in [-0.15, -0.1) is 11.3 Å². The number of aromatic nitrogens is 1. The molecule has 8 heteroatoms. The van der Waals surface area contributed by atoms with Crippen molar-refractivity contribution in [3.8, 4) is 0 Å². The normalized spacial score (nSPS) is 15.4. The summed E-state index contributed by atoms with van der Waals surface area (Å²) in [5.74, 6) is -1.16. The third-order valence-electron chi connectivity index (χ3n) is 3.96. The summed E-state index contributed by atoms with van der Waals surface area (Å²) in [6.07, 6.45) is 1.50. The molecule has 3 rings (SSSR count). The molecule has 0 bridgehead atoms. The van der Waals surface area contributed by atoms with Crippen LogP contribution < -0.4 is 5.56 Å². The number of carboxylic acids is 1. The topological polar surface area (TPSA) is 93.7 Å². The highest BCUT2D eigenvalue weighted by Gasteiger charge is 2.24. The van der Waals surface area contributed by atoms with Crippen molar-refractivity contribution >= 4 is 23.2 Å². The Bertz CT molecular complexity index is 805. The fourth-order valence-electron chi connectivity index (χ4n) is 2.67. The van der Waals surface area contributed by atoms with Gasteiger partial charge in [0.15, 0.2) is 0 Å². The summed E-state index contributed by atoms with van der Waals surface area (Å²) in [5, 5.41) is 8.96. The summed E-state index contributed by atoms with van der Waals surface area (Å²) in [7, 11) is 0. The lowest BCUT2D eigenvalue weighted by atomic mass is 10.2. The second-order valence-electron chi connectivity index (χ2n) is 5.55. The van der Waals surface area contributed by atoms with Crippen LogP contribution in [0, 0.1) is 0 Å². The Labute approximate surface area is 142 Å². The highest BCUT2D eigenvalue weighted by Crippen LogP contribution is 2.19. The van der Waals surface area contributed by atoms with E-state index in [9.17, 15) is 14.4 Å². The van der Waals surface area contributed by atoms with Crippen LogP contribution in [0.5, 0.6) is 0 Å². The molecule has 1 aliphatic heterocycles. The van der Waals surface area contributed by atoms with Crippen LogP contribution in [0.3, 0.4) is 0 Å². The third kappa shape index (κ3) is 3.55. The van der Waals surface area contributed by atoms with E-state index in [1.807, 2.05) is 6.07 Å². The minimum absolute atomic E-state index is 0.162. The standard InChI is InChI=1S/C16H17N3O4S/c20-14-12(2-1-5-17-14)15(21)19-8-6-18(7-9-19)10-11-3-4-13(24-11)16(22)23/h1-5H,6-10H2,(H,17,20)(H,22,23). The number of hydrogen-bond acceptors (Lipinski definition) is 5. The van der Waals surface area contributed by atoms with E-state index in [2.05, 4.69) is 9.88 Å². The van der Waals surface area contributed by atoms with Gasteiger partial charge in [0.25, 0.3) is 11.5 Å². The molecule has 2 aromatic rings. The molecule has 2 aromatic heterocycles. The molecule has 7 nitrogen and oxygen atoms in total. The Morgan fingerprint density at radius 3 is 2.54 bits per heavy atom. The SMILES string of the molecule is O=C(O)c1ccc(CN2CCN(C(=O)c3ccc[nH]c3=O)CC2)s1. The molecule has 0 atom stereocenters. The van der Waals surface area contributed by atoms with E-state index >= 15 is 0 Å². The molecule has 0 spiro atoms. The second kappa shape index (κ2) is 6.98. The number of thiophene rings is 1. The molecule has 126 valence electrons. The van der Waals surface area contributed by atoms with Gasteiger partial charge in [0.2, 0.25) is 0 Å². The first-order chi connectivity index (χ1) is 11.5. The summed E-state index contributed by atoms with van der Waals surface area (Å²) >= 11 is 1.27. The first kappa shape index (κ1) is 16.4. The van der Waals surface area contributed by atoms with Crippen molar-refractivity contribution in [1.29, 1.82) is 0 Å². The number of carboxylic acid groups (broad SMARTS) is 1. The lowest BCUT2D eigenvalue weighted by Crippen LogP contribution is -2.49. The van der Waals surface area contributed by atoms with Crippen molar-refractivity contribution in [3.05, 3.63) is 56.1 Å². The number of aromatic carboxylic acids is 1. The molecule has 1 aliphatic rings. The van der Waals surface area contributed by atoms with E-state index in [1.165, 1.54) is 23.6 Å². The molecular weight excluding hydrogens is 330 g/mol.